The smallest absolute Gasteiger partial charge is 0.391 e. The van der Waals surface area contributed by atoms with Crippen molar-refractivity contribution in [2.45, 2.75) is 38.5 Å². The Labute approximate surface area is 69.6 Å². The third kappa shape index (κ3) is 7.42. The Kier molecular flexibility index (Phi) is 4.75. The number of rotatable bonds is 3. The van der Waals surface area contributed by atoms with E-state index in [1.54, 1.807) is 6.92 Å². The number of hydrogen-bond acceptors (Lipinski definition) is 1. The Morgan fingerprint density at radius 3 is 2.42 bits per heavy atom. The fourth-order valence-corrected chi connectivity index (χ4v) is 0.733. The summed E-state index contributed by atoms with van der Waals surface area (Å²) in [7, 11) is 0. The first kappa shape index (κ1) is 11.3. The first-order chi connectivity index (χ1) is 5.45. The molecule has 4 heteroatoms. The molecule has 0 bridgehead atoms. The molecule has 0 aliphatic carbocycles. The van der Waals surface area contributed by atoms with Crippen LogP contribution < -0.4 is 0 Å². The van der Waals surface area contributed by atoms with Gasteiger partial charge in [0.2, 0.25) is 0 Å². The van der Waals surface area contributed by atoms with Gasteiger partial charge in [-0.05, 0) is 13.3 Å². The van der Waals surface area contributed by atoms with Gasteiger partial charge in [0.25, 0.3) is 0 Å². The maximum Gasteiger partial charge on any atom is 0.391 e. The Hall–Kier alpha value is -0.690. The minimum absolute atomic E-state index is 0.0837. The molecule has 0 saturated heterocycles. The van der Waals surface area contributed by atoms with Gasteiger partial charge < -0.3 is 5.11 Å². The Balaban J connectivity index is 3.57. The first-order valence-corrected chi connectivity index (χ1v) is 3.60. The van der Waals surface area contributed by atoms with Crippen molar-refractivity contribution in [3.63, 3.8) is 0 Å². The van der Waals surface area contributed by atoms with Crippen LogP contribution in [0.5, 0.6) is 0 Å². The number of hydrogen-bond donors (Lipinski definition) is 1. The molecule has 0 aromatic rings. The van der Waals surface area contributed by atoms with Gasteiger partial charge in [0.05, 0.1) is 12.5 Å². The predicted octanol–water partition coefficient (Wildman–Crippen LogP) is 2.10. The van der Waals surface area contributed by atoms with Gasteiger partial charge in [-0.2, -0.15) is 13.2 Å². The minimum Gasteiger partial charge on any atom is -0.393 e. The molecule has 70 valence electrons. The van der Waals surface area contributed by atoms with Gasteiger partial charge in [-0.1, -0.05) is 0 Å². The summed E-state index contributed by atoms with van der Waals surface area (Å²) >= 11 is 0. The van der Waals surface area contributed by atoms with Gasteiger partial charge in [0, 0.05) is 6.42 Å². The van der Waals surface area contributed by atoms with Crippen LogP contribution in [-0.4, -0.2) is 17.4 Å². The lowest BCUT2D eigenvalue weighted by Gasteiger charge is -2.10. The van der Waals surface area contributed by atoms with Gasteiger partial charge in [-0.25, -0.2) is 0 Å². The second kappa shape index (κ2) is 5.04. The molecule has 0 spiro atoms. The zero-order valence-electron chi connectivity index (χ0n) is 6.78. The van der Waals surface area contributed by atoms with Crippen LogP contribution in [0.1, 0.15) is 26.2 Å². The number of halogens is 3. The highest BCUT2D eigenvalue weighted by molar-refractivity contribution is 4.95. The van der Waals surface area contributed by atoms with Gasteiger partial charge in [-0.3, -0.25) is 0 Å². The topological polar surface area (TPSA) is 20.2 Å². The Bertz CT molecular complexity index is 175. The molecule has 0 radical (unpaired) electrons. The molecule has 0 aromatic heterocycles. The van der Waals surface area contributed by atoms with Crippen molar-refractivity contribution in [2.75, 3.05) is 0 Å². The molecule has 0 rings (SSSR count). The van der Waals surface area contributed by atoms with Crippen LogP contribution in [0.3, 0.4) is 0 Å². The van der Waals surface area contributed by atoms with E-state index >= 15 is 0 Å². The highest BCUT2D eigenvalue weighted by Gasteiger charge is 2.30. The fourth-order valence-electron chi connectivity index (χ4n) is 0.733. The van der Waals surface area contributed by atoms with Gasteiger partial charge in [-0.15, -0.1) is 11.8 Å². The van der Waals surface area contributed by atoms with Crippen LogP contribution in [0.2, 0.25) is 0 Å². The van der Waals surface area contributed by atoms with Gasteiger partial charge in [0.1, 0.15) is 0 Å². The molecule has 0 amide bonds. The number of aliphatic hydroxyl groups excluding tert-OH is 1. The largest absolute Gasteiger partial charge is 0.393 e. The summed E-state index contributed by atoms with van der Waals surface area (Å²) < 4.78 is 34.9. The summed E-state index contributed by atoms with van der Waals surface area (Å²) in [5.41, 5.74) is 0. The lowest BCUT2D eigenvalue weighted by molar-refractivity contribution is -0.153. The van der Waals surface area contributed by atoms with E-state index in [0.717, 1.165) is 0 Å². The lowest BCUT2D eigenvalue weighted by Crippen LogP contribution is -2.18. The van der Waals surface area contributed by atoms with E-state index in [4.69, 9.17) is 5.11 Å². The van der Waals surface area contributed by atoms with E-state index < -0.39 is 18.7 Å². The van der Waals surface area contributed by atoms with Crippen molar-refractivity contribution in [2.24, 2.45) is 0 Å². The van der Waals surface area contributed by atoms with Crippen LogP contribution >= 0.6 is 0 Å². The number of aliphatic hydroxyl groups is 1. The summed E-state index contributed by atoms with van der Waals surface area (Å²) in [6.07, 6.45) is -6.34. The first-order valence-electron chi connectivity index (χ1n) is 3.60. The van der Waals surface area contributed by atoms with E-state index in [0.29, 0.717) is 6.42 Å². The van der Waals surface area contributed by atoms with Crippen molar-refractivity contribution in [1.29, 1.82) is 0 Å². The SMILES string of the molecule is CC#CCCC(O)CC(F)(F)F. The molecule has 0 saturated carbocycles. The van der Waals surface area contributed by atoms with Crippen LogP contribution in [0, 0.1) is 11.8 Å². The third-order valence-electron chi connectivity index (χ3n) is 1.25. The molecule has 1 nitrogen and oxygen atoms in total. The number of alkyl halides is 3. The Morgan fingerprint density at radius 1 is 1.42 bits per heavy atom. The average Bonchev–Trinajstić information content (AvgIpc) is 1.84. The maximum atomic E-state index is 11.6. The zero-order valence-corrected chi connectivity index (χ0v) is 6.78. The molecule has 0 aliphatic rings. The summed E-state index contributed by atoms with van der Waals surface area (Å²) in [4.78, 5) is 0. The van der Waals surface area contributed by atoms with Crippen LogP contribution in [0.4, 0.5) is 13.2 Å². The van der Waals surface area contributed by atoms with Crippen molar-refractivity contribution >= 4 is 0 Å². The Morgan fingerprint density at radius 2 is 2.00 bits per heavy atom. The van der Waals surface area contributed by atoms with Crippen molar-refractivity contribution in [3.05, 3.63) is 0 Å². The fraction of sp³-hybridized carbons (Fsp3) is 0.750. The summed E-state index contributed by atoms with van der Waals surface area (Å²) in [6, 6.07) is 0. The molecular weight excluding hydrogens is 169 g/mol. The van der Waals surface area contributed by atoms with Crippen LogP contribution in [0.15, 0.2) is 0 Å². The van der Waals surface area contributed by atoms with E-state index in [9.17, 15) is 13.2 Å². The molecule has 1 atom stereocenters. The van der Waals surface area contributed by atoms with Gasteiger partial charge >= 0.3 is 6.18 Å². The van der Waals surface area contributed by atoms with Gasteiger partial charge in [0.15, 0.2) is 0 Å². The quantitative estimate of drug-likeness (QED) is 0.659. The van der Waals surface area contributed by atoms with E-state index in [-0.39, 0.29) is 6.42 Å². The molecule has 1 unspecified atom stereocenters. The predicted molar refractivity (Wildman–Crippen MR) is 39.4 cm³/mol. The molecule has 12 heavy (non-hydrogen) atoms. The second-order valence-electron chi connectivity index (χ2n) is 2.44. The maximum absolute atomic E-state index is 11.6. The van der Waals surface area contributed by atoms with Crippen molar-refractivity contribution < 1.29 is 18.3 Å². The molecular formula is C8H11F3O. The molecule has 0 aromatic carbocycles. The van der Waals surface area contributed by atoms with Crippen LogP contribution in [0.25, 0.3) is 0 Å². The zero-order chi connectivity index (χ0) is 9.61. The van der Waals surface area contributed by atoms with E-state index in [2.05, 4.69) is 11.8 Å². The van der Waals surface area contributed by atoms with E-state index in [1.165, 1.54) is 0 Å². The van der Waals surface area contributed by atoms with Crippen molar-refractivity contribution in [1.82, 2.24) is 0 Å². The van der Waals surface area contributed by atoms with Crippen LogP contribution in [-0.2, 0) is 0 Å². The molecule has 0 aliphatic heterocycles. The standard InChI is InChI=1S/C8H11F3O/c1-2-3-4-5-7(12)6-8(9,10)11/h7,12H,4-6H2,1H3. The average molecular weight is 180 g/mol. The highest BCUT2D eigenvalue weighted by atomic mass is 19.4. The highest BCUT2D eigenvalue weighted by Crippen LogP contribution is 2.22. The minimum atomic E-state index is -4.28. The molecule has 1 N–H and O–H groups in total. The molecule has 0 fully saturated rings. The second-order valence-corrected chi connectivity index (χ2v) is 2.44. The summed E-state index contributed by atoms with van der Waals surface area (Å²) in [5, 5.41) is 8.82. The normalized spacial score (nSPS) is 13.4. The monoisotopic (exact) mass is 180 g/mol. The third-order valence-corrected chi connectivity index (χ3v) is 1.25. The summed E-state index contributed by atoms with van der Waals surface area (Å²) in [5.74, 6) is 5.13. The summed E-state index contributed by atoms with van der Waals surface area (Å²) in [6.45, 7) is 1.61. The molecule has 0 heterocycles. The van der Waals surface area contributed by atoms with Crippen molar-refractivity contribution in [3.8, 4) is 11.8 Å². The lowest BCUT2D eigenvalue weighted by atomic mass is 10.1. The van der Waals surface area contributed by atoms with E-state index in [1.807, 2.05) is 0 Å².